The molecule has 2 aromatic carbocycles. The van der Waals surface area contributed by atoms with E-state index < -0.39 is 0 Å². The zero-order chi connectivity index (χ0) is 13.7. The van der Waals surface area contributed by atoms with Gasteiger partial charge in [0.05, 0.1) is 0 Å². The van der Waals surface area contributed by atoms with Crippen LogP contribution in [-0.2, 0) is 6.42 Å². The van der Waals surface area contributed by atoms with E-state index in [9.17, 15) is 5.11 Å². The molecule has 1 nitrogen and oxygen atoms in total. The van der Waals surface area contributed by atoms with E-state index in [1.165, 1.54) is 24.0 Å². The maximum Gasteiger partial charge on any atom is 0.119 e. The van der Waals surface area contributed by atoms with Gasteiger partial charge in [0, 0.05) is 11.5 Å². The first-order chi connectivity index (χ1) is 9.22. The molecule has 19 heavy (non-hydrogen) atoms. The van der Waals surface area contributed by atoms with Crippen LogP contribution in [0.4, 0.5) is 0 Å². The van der Waals surface area contributed by atoms with Gasteiger partial charge < -0.3 is 5.11 Å². The average Bonchev–Trinajstić information content (AvgIpc) is 2.46. The molecular weight excluding hydrogens is 232 g/mol. The van der Waals surface area contributed by atoms with Crippen molar-refractivity contribution >= 4 is 0 Å². The number of rotatable bonds is 5. The zero-order valence-corrected chi connectivity index (χ0v) is 11.8. The molecular formula is C18H22O. The molecule has 0 saturated heterocycles. The Morgan fingerprint density at radius 1 is 1.05 bits per heavy atom. The number of unbranched alkanes of at least 4 members (excludes halogenated alkanes) is 1. The normalized spacial score (nSPS) is 12.3. The van der Waals surface area contributed by atoms with Crippen molar-refractivity contribution in [3.63, 3.8) is 0 Å². The Morgan fingerprint density at radius 2 is 1.79 bits per heavy atom. The third-order valence-electron chi connectivity index (χ3n) is 3.68. The molecule has 100 valence electrons. The molecule has 0 bridgehead atoms. The fourth-order valence-electron chi connectivity index (χ4n) is 2.41. The van der Waals surface area contributed by atoms with Crippen molar-refractivity contribution in [3.05, 3.63) is 65.2 Å². The van der Waals surface area contributed by atoms with Crippen LogP contribution in [0.5, 0.6) is 5.75 Å². The molecule has 0 aromatic heterocycles. The van der Waals surface area contributed by atoms with E-state index in [0.29, 0.717) is 5.75 Å². The molecule has 1 N–H and O–H groups in total. The van der Waals surface area contributed by atoms with Gasteiger partial charge in [0.25, 0.3) is 0 Å². The van der Waals surface area contributed by atoms with Gasteiger partial charge in [-0.05, 0) is 30.0 Å². The standard InChI is InChI=1S/C18H22O/c1-3-4-8-15-11-12-18(19)17(13-15)14(2)16-9-6-5-7-10-16/h5-7,9-14,19H,3-4,8H2,1-2H3. The number of phenols is 1. The molecule has 0 aliphatic heterocycles. The second-order valence-corrected chi connectivity index (χ2v) is 5.13. The summed E-state index contributed by atoms with van der Waals surface area (Å²) in [5.41, 5.74) is 3.59. The predicted molar refractivity (Wildman–Crippen MR) is 80.7 cm³/mol. The summed E-state index contributed by atoms with van der Waals surface area (Å²) in [5.74, 6) is 0.624. The minimum Gasteiger partial charge on any atom is -0.508 e. The van der Waals surface area contributed by atoms with E-state index in [2.05, 4.69) is 32.0 Å². The summed E-state index contributed by atoms with van der Waals surface area (Å²) in [6.07, 6.45) is 3.49. The molecule has 0 radical (unpaired) electrons. The van der Waals surface area contributed by atoms with Crippen LogP contribution in [0.25, 0.3) is 0 Å². The SMILES string of the molecule is CCCCc1ccc(O)c(C(C)c2ccccc2)c1. The molecule has 1 unspecified atom stereocenters. The quantitative estimate of drug-likeness (QED) is 0.805. The van der Waals surface area contributed by atoms with Crippen molar-refractivity contribution in [2.24, 2.45) is 0 Å². The van der Waals surface area contributed by atoms with E-state index in [1.807, 2.05) is 30.3 Å². The summed E-state index contributed by atoms with van der Waals surface area (Å²) in [6.45, 7) is 4.35. The van der Waals surface area contributed by atoms with Crippen LogP contribution in [0.3, 0.4) is 0 Å². The fourth-order valence-corrected chi connectivity index (χ4v) is 2.41. The van der Waals surface area contributed by atoms with E-state index >= 15 is 0 Å². The van der Waals surface area contributed by atoms with Crippen molar-refractivity contribution in [1.29, 1.82) is 0 Å². The second-order valence-electron chi connectivity index (χ2n) is 5.13. The second kappa shape index (κ2) is 6.42. The van der Waals surface area contributed by atoms with Crippen molar-refractivity contribution in [3.8, 4) is 5.75 Å². The highest BCUT2D eigenvalue weighted by molar-refractivity contribution is 5.43. The van der Waals surface area contributed by atoms with E-state index in [0.717, 1.165) is 12.0 Å². The summed E-state index contributed by atoms with van der Waals surface area (Å²) >= 11 is 0. The van der Waals surface area contributed by atoms with Crippen LogP contribution in [0.1, 0.15) is 49.3 Å². The third kappa shape index (κ3) is 3.37. The van der Waals surface area contributed by atoms with Gasteiger partial charge in [-0.1, -0.05) is 62.7 Å². The fraction of sp³-hybridized carbons (Fsp3) is 0.333. The van der Waals surface area contributed by atoms with Crippen molar-refractivity contribution in [1.82, 2.24) is 0 Å². The Labute approximate surface area is 115 Å². The number of hydrogen-bond donors (Lipinski definition) is 1. The Balaban J connectivity index is 2.28. The number of aromatic hydroxyl groups is 1. The molecule has 0 amide bonds. The molecule has 0 saturated carbocycles. The van der Waals surface area contributed by atoms with E-state index in [-0.39, 0.29) is 5.92 Å². The highest BCUT2D eigenvalue weighted by atomic mass is 16.3. The highest BCUT2D eigenvalue weighted by Gasteiger charge is 2.12. The van der Waals surface area contributed by atoms with Crippen LogP contribution < -0.4 is 0 Å². The lowest BCUT2D eigenvalue weighted by atomic mass is 9.90. The molecule has 2 rings (SSSR count). The van der Waals surface area contributed by atoms with Gasteiger partial charge in [-0.15, -0.1) is 0 Å². The Bertz CT molecular complexity index is 516. The lowest BCUT2D eigenvalue weighted by Gasteiger charge is -2.15. The maximum absolute atomic E-state index is 10.1. The summed E-state index contributed by atoms with van der Waals surface area (Å²) in [6, 6.07) is 16.4. The van der Waals surface area contributed by atoms with Gasteiger partial charge in [0.2, 0.25) is 0 Å². The average molecular weight is 254 g/mol. The van der Waals surface area contributed by atoms with Crippen LogP contribution in [0.2, 0.25) is 0 Å². The summed E-state index contributed by atoms with van der Waals surface area (Å²) in [5, 5.41) is 10.1. The summed E-state index contributed by atoms with van der Waals surface area (Å²) in [7, 11) is 0. The summed E-state index contributed by atoms with van der Waals surface area (Å²) < 4.78 is 0. The largest absolute Gasteiger partial charge is 0.508 e. The minimum atomic E-state index is 0.225. The Morgan fingerprint density at radius 3 is 2.47 bits per heavy atom. The van der Waals surface area contributed by atoms with Crippen LogP contribution >= 0.6 is 0 Å². The molecule has 0 aliphatic rings. The van der Waals surface area contributed by atoms with Crippen molar-refractivity contribution in [2.45, 2.75) is 39.0 Å². The lowest BCUT2D eigenvalue weighted by Crippen LogP contribution is -1.98. The first-order valence-electron chi connectivity index (χ1n) is 7.09. The number of benzene rings is 2. The Hall–Kier alpha value is -1.76. The van der Waals surface area contributed by atoms with Crippen molar-refractivity contribution < 1.29 is 5.11 Å². The molecule has 0 heterocycles. The predicted octanol–water partition coefficient (Wildman–Crippen LogP) is 4.89. The number of hydrogen-bond acceptors (Lipinski definition) is 1. The zero-order valence-electron chi connectivity index (χ0n) is 11.8. The third-order valence-corrected chi connectivity index (χ3v) is 3.68. The molecule has 0 aliphatic carbocycles. The summed E-state index contributed by atoms with van der Waals surface area (Å²) in [4.78, 5) is 0. The van der Waals surface area contributed by atoms with Crippen LogP contribution in [-0.4, -0.2) is 5.11 Å². The molecule has 0 fully saturated rings. The number of aryl methyl sites for hydroxylation is 1. The molecule has 2 aromatic rings. The highest BCUT2D eigenvalue weighted by Crippen LogP contribution is 2.31. The first-order valence-corrected chi connectivity index (χ1v) is 7.09. The monoisotopic (exact) mass is 254 g/mol. The first kappa shape index (κ1) is 13.7. The van der Waals surface area contributed by atoms with Gasteiger partial charge in [0.15, 0.2) is 0 Å². The van der Waals surface area contributed by atoms with Gasteiger partial charge >= 0.3 is 0 Å². The van der Waals surface area contributed by atoms with Crippen LogP contribution in [0, 0.1) is 0 Å². The van der Waals surface area contributed by atoms with Gasteiger partial charge in [0.1, 0.15) is 5.75 Å². The maximum atomic E-state index is 10.1. The van der Waals surface area contributed by atoms with Gasteiger partial charge in [-0.3, -0.25) is 0 Å². The van der Waals surface area contributed by atoms with Gasteiger partial charge in [-0.2, -0.15) is 0 Å². The minimum absolute atomic E-state index is 0.225. The Kier molecular flexibility index (Phi) is 4.62. The topological polar surface area (TPSA) is 20.2 Å². The van der Waals surface area contributed by atoms with Crippen LogP contribution in [0.15, 0.2) is 48.5 Å². The number of phenolic OH excluding ortho intramolecular Hbond substituents is 1. The van der Waals surface area contributed by atoms with E-state index in [1.54, 1.807) is 0 Å². The molecule has 0 spiro atoms. The lowest BCUT2D eigenvalue weighted by molar-refractivity contribution is 0.465. The van der Waals surface area contributed by atoms with Gasteiger partial charge in [-0.25, -0.2) is 0 Å². The molecule has 1 atom stereocenters. The smallest absolute Gasteiger partial charge is 0.119 e. The van der Waals surface area contributed by atoms with E-state index in [4.69, 9.17) is 0 Å². The van der Waals surface area contributed by atoms with Crippen molar-refractivity contribution in [2.75, 3.05) is 0 Å². The molecule has 1 heteroatoms.